The molecule has 0 spiro atoms. The fraction of sp³-hybridized carbons (Fsp3) is 0.286. The zero-order valence-electron chi connectivity index (χ0n) is 11.6. The molecule has 0 unspecified atom stereocenters. The first kappa shape index (κ1) is 17.3. The van der Waals surface area contributed by atoms with Gasteiger partial charge in [-0.15, -0.1) is 0 Å². The van der Waals surface area contributed by atoms with Gasteiger partial charge in [-0.05, 0) is 32.0 Å². The lowest BCUT2D eigenvalue weighted by atomic mass is 10.3. The van der Waals surface area contributed by atoms with Crippen LogP contribution < -0.4 is 5.32 Å². The fourth-order valence-corrected chi connectivity index (χ4v) is 1.85. The molecule has 0 aliphatic rings. The van der Waals surface area contributed by atoms with Crippen molar-refractivity contribution in [3.63, 3.8) is 0 Å². The van der Waals surface area contributed by atoms with Crippen molar-refractivity contribution in [2.45, 2.75) is 13.8 Å². The highest BCUT2D eigenvalue weighted by molar-refractivity contribution is 6.36. The number of halogens is 2. The van der Waals surface area contributed by atoms with Gasteiger partial charge in [0.15, 0.2) is 0 Å². The number of carbonyl (C=O) groups excluding carboxylic acids is 2. The summed E-state index contributed by atoms with van der Waals surface area (Å²) < 4.78 is 9.64. The van der Waals surface area contributed by atoms with Crippen molar-refractivity contribution >= 4 is 40.8 Å². The number of carbonyl (C=O) groups is 2. The first-order valence-electron chi connectivity index (χ1n) is 6.25. The normalized spacial score (nSPS) is 11.0. The largest absolute Gasteiger partial charge is 0.463 e. The first-order valence-corrected chi connectivity index (χ1v) is 7.01. The van der Waals surface area contributed by atoms with Crippen LogP contribution in [0, 0.1) is 0 Å². The van der Waals surface area contributed by atoms with Crippen LogP contribution in [0.1, 0.15) is 13.8 Å². The zero-order valence-corrected chi connectivity index (χ0v) is 13.1. The molecule has 1 aromatic rings. The van der Waals surface area contributed by atoms with Gasteiger partial charge in [0, 0.05) is 5.02 Å². The van der Waals surface area contributed by atoms with Crippen LogP contribution in [0.25, 0.3) is 0 Å². The molecule has 0 amide bonds. The molecule has 7 heteroatoms. The molecule has 0 saturated carbocycles. The van der Waals surface area contributed by atoms with E-state index in [2.05, 4.69) is 5.32 Å². The summed E-state index contributed by atoms with van der Waals surface area (Å²) in [7, 11) is 0. The van der Waals surface area contributed by atoms with Crippen molar-refractivity contribution in [1.29, 1.82) is 0 Å². The van der Waals surface area contributed by atoms with Gasteiger partial charge in [-0.1, -0.05) is 23.2 Å². The van der Waals surface area contributed by atoms with E-state index in [1.807, 2.05) is 0 Å². The molecule has 0 saturated heterocycles. The van der Waals surface area contributed by atoms with Crippen LogP contribution in [0.5, 0.6) is 0 Å². The monoisotopic (exact) mass is 331 g/mol. The number of ether oxygens (including phenoxy) is 2. The standard InChI is InChI=1S/C14H15Cl2NO4/c1-3-20-13(18)8-12(14(19)21-4-2)17-11-6-5-9(15)7-10(11)16/h5-8,17H,3-4H2,1-2H3. The predicted molar refractivity (Wildman–Crippen MR) is 81.4 cm³/mol. The molecular formula is C14H15Cl2NO4. The van der Waals surface area contributed by atoms with Crippen LogP contribution in [0.3, 0.4) is 0 Å². The van der Waals surface area contributed by atoms with Gasteiger partial charge in [0.1, 0.15) is 5.70 Å². The van der Waals surface area contributed by atoms with Crippen molar-refractivity contribution in [3.05, 3.63) is 40.0 Å². The number of nitrogens with one attached hydrogen (secondary N) is 1. The van der Waals surface area contributed by atoms with Gasteiger partial charge >= 0.3 is 11.9 Å². The van der Waals surface area contributed by atoms with Gasteiger partial charge < -0.3 is 14.8 Å². The van der Waals surface area contributed by atoms with Gasteiger partial charge in [0.05, 0.1) is 30.0 Å². The predicted octanol–water partition coefficient (Wildman–Crippen LogP) is 3.42. The Morgan fingerprint density at radius 1 is 1.19 bits per heavy atom. The second-order valence-corrected chi connectivity index (χ2v) is 4.62. The highest BCUT2D eigenvalue weighted by atomic mass is 35.5. The minimum Gasteiger partial charge on any atom is -0.463 e. The summed E-state index contributed by atoms with van der Waals surface area (Å²) in [6, 6.07) is 4.70. The number of hydrogen-bond acceptors (Lipinski definition) is 5. The van der Waals surface area contributed by atoms with E-state index in [1.54, 1.807) is 26.0 Å². The summed E-state index contributed by atoms with van der Waals surface area (Å²) in [4.78, 5) is 23.3. The molecule has 0 atom stereocenters. The molecule has 1 aromatic carbocycles. The van der Waals surface area contributed by atoms with Crippen molar-refractivity contribution < 1.29 is 19.1 Å². The second kappa shape index (κ2) is 8.54. The first-order chi connectivity index (χ1) is 9.97. The van der Waals surface area contributed by atoms with Gasteiger partial charge in [-0.2, -0.15) is 0 Å². The molecule has 21 heavy (non-hydrogen) atoms. The number of benzene rings is 1. The molecule has 0 aliphatic carbocycles. The Kier molecular flexibility index (Phi) is 7.05. The van der Waals surface area contributed by atoms with E-state index in [1.165, 1.54) is 6.07 Å². The van der Waals surface area contributed by atoms with Gasteiger partial charge in [0.25, 0.3) is 0 Å². The van der Waals surface area contributed by atoms with E-state index in [0.29, 0.717) is 15.7 Å². The van der Waals surface area contributed by atoms with Crippen LogP contribution in [0.4, 0.5) is 5.69 Å². The van der Waals surface area contributed by atoms with Crippen molar-refractivity contribution in [2.24, 2.45) is 0 Å². The van der Waals surface area contributed by atoms with Crippen molar-refractivity contribution in [1.82, 2.24) is 0 Å². The van der Waals surface area contributed by atoms with Crippen molar-refractivity contribution in [3.8, 4) is 0 Å². The molecular weight excluding hydrogens is 317 g/mol. The van der Waals surface area contributed by atoms with Gasteiger partial charge in [-0.3, -0.25) is 0 Å². The third kappa shape index (κ3) is 5.65. The van der Waals surface area contributed by atoms with Crippen LogP contribution in [-0.4, -0.2) is 25.2 Å². The molecule has 114 valence electrons. The SMILES string of the molecule is CCOC(=O)C=C(Nc1ccc(Cl)cc1Cl)C(=O)OCC. The third-order valence-electron chi connectivity index (χ3n) is 2.24. The Morgan fingerprint density at radius 3 is 2.43 bits per heavy atom. The summed E-state index contributed by atoms with van der Waals surface area (Å²) in [6.07, 6.45) is 1.02. The van der Waals surface area contributed by atoms with Crippen LogP contribution >= 0.6 is 23.2 Å². The van der Waals surface area contributed by atoms with Crippen LogP contribution in [0.2, 0.25) is 10.0 Å². The lowest BCUT2D eigenvalue weighted by molar-refractivity contribution is -0.140. The summed E-state index contributed by atoms with van der Waals surface area (Å²) >= 11 is 11.8. The molecule has 0 aliphatic heterocycles. The maximum absolute atomic E-state index is 11.8. The Morgan fingerprint density at radius 2 is 1.86 bits per heavy atom. The molecule has 5 nitrogen and oxygen atoms in total. The molecule has 1 N–H and O–H groups in total. The molecule has 0 radical (unpaired) electrons. The molecule has 1 rings (SSSR count). The lowest BCUT2D eigenvalue weighted by Gasteiger charge is -2.11. The van der Waals surface area contributed by atoms with E-state index < -0.39 is 11.9 Å². The third-order valence-corrected chi connectivity index (χ3v) is 2.79. The Balaban J connectivity index is 3.01. The Labute approximate surface area is 132 Å². The van der Waals surface area contributed by atoms with E-state index in [4.69, 9.17) is 32.7 Å². The Bertz CT molecular complexity index is 558. The summed E-state index contributed by atoms with van der Waals surface area (Å²) in [5.41, 5.74) is 0.351. The Hall–Kier alpha value is -1.72. The smallest absolute Gasteiger partial charge is 0.355 e. The summed E-state index contributed by atoms with van der Waals surface area (Å²) in [6.45, 7) is 3.70. The fourth-order valence-electron chi connectivity index (χ4n) is 1.39. The average molecular weight is 332 g/mol. The molecule has 0 bridgehead atoms. The van der Waals surface area contributed by atoms with E-state index in [9.17, 15) is 9.59 Å². The number of anilines is 1. The van der Waals surface area contributed by atoms with Gasteiger partial charge in [0.2, 0.25) is 0 Å². The van der Waals surface area contributed by atoms with Crippen molar-refractivity contribution in [2.75, 3.05) is 18.5 Å². The van der Waals surface area contributed by atoms with Crippen LogP contribution in [0.15, 0.2) is 30.0 Å². The molecule has 0 fully saturated rings. The number of rotatable bonds is 6. The zero-order chi connectivity index (χ0) is 15.8. The van der Waals surface area contributed by atoms with Gasteiger partial charge in [-0.25, -0.2) is 9.59 Å². The molecule has 0 heterocycles. The maximum atomic E-state index is 11.8. The summed E-state index contributed by atoms with van der Waals surface area (Å²) in [5, 5.41) is 3.51. The minimum atomic E-state index is -0.684. The number of hydrogen-bond donors (Lipinski definition) is 1. The van der Waals surface area contributed by atoms with Crippen LogP contribution in [-0.2, 0) is 19.1 Å². The minimum absolute atomic E-state index is 0.0699. The highest BCUT2D eigenvalue weighted by Crippen LogP contribution is 2.26. The lowest BCUT2D eigenvalue weighted by Crippen LogP contribution is -2.17. The highest BCUT2D eigenvalue weighted by Gasteiger charge is 2.15. The van der Waals surface area contributed by atoms with E-state index in [-0.39, 0.29) is 18.9 Å². The average Bonchev–Trinajstić information content (AvgIpc) is 2.41. The number of esters is 2. The van der Waals surface area contributed by atoms with E-state index >= 15 is 0 Å². The maximum Gasteiger partial charge on any atom is 0.355 e. The topological polar surface area (TPSA) is 64.6 Å². The summed E-state index contributed by atoms with van der Waals surface area (Å²) in [5.74, 6) is -1.34. The molecule has 0 aromatic heterocycles. The quantitative estimate of drug-likeness (QED) is 0.639. The second-order valence-electron chi connectivity index (χ2n) is 3.78. The van der Waals surface area contributed by atoms with E-state index in [0.717, 1.165) is 6.08 Å².